The van der Waals surface area contributed by atoms with Crippen LogP contribution < -0.4 is 5.32 Å². The second-order valence-corrected chi connectivity index (χ2v) is 4.55. The zero-order valence-electron chi connectivity index (χ0n) is 11.4. The van der Waals surface area contributed by atoms with Crippen LogP contribution in [0.25, 0.3) is 0 Å². The van der Waals surface area contributed by atoms with Gasteiger partial charge in [0.15, 0.2) is 0 Å². The molecule has 0 fully saturated rings. The number of rotatable bonds is 7. The maximum absolute atomic E-state index is 13.6. The average Bonchev–Trinajstić information content (AvgIpc) is 2.35. The largest absolute Gasteiger partial charge is 0.373 e. The van der Waals surface area contributed by atoms with Gasteiger partial charge in [-0.25, -0.2) is 4.39 Å². The average molecular weight is 251 g/mol. The summed E-state index contributed by atoms with van der Waals surface area (Å²) in [5.41, 5.74) is 1.69. The van der Waals surface area contributed by atoms with Crippen LogP contribution in [0.2, 0.25) is 0 Å². The minimum Gasteiger partial charge on any atom is -0.373 e. The Bertz CT molecular complexity index is 388. The van der Waals surface area contributed by atoms with Crippen LogP contribution in [0.3, 0.4) is 0 Å². The fraction of sp³-hybridized carbons (Fsp3) is 0.467. The topological polar surface area (TPSA) is 21.3 Å². The normalized spacial score (nSPS) is 11.6. The molecule has 0 aliphatic rings. The van der Waals surface area contributed by atoms with Crippen molar-refractivity contribution in [2.75, 3.05) is 6.61 Å². The molecule has 1 aromatic rings. The van der Waals surface area contributed by atoms with Gasteiger partial charge in [-0.05, 0) is 24.6 Å². The third-order valence-electron chi connectivity index (χ3n) is 2.53. The monoisotopic (exact) mass is 251 g/mol. The van der Waals surface area contributed by atoms with Gasteiger partial charge in [-0.1, -0.05) is 32.1 Å². The highest BCUT2D eigenvalue weighted by Crippen LogP contribution is 2.12. The van der Waals surface area contributed by atoms with E-state index in [1.807, 2.05) is 25.1 Å². The van der Waals surface area contributed by atoms with E-state index >= 15 is 0 Å². The highest BCUT2D eigenvalue weighted by atomic mass is 19.1. The van der Waals surface area contributed by atoms with E-state index in [0.717, 1.165) is 12.1 Å². The second-order valence-electron chi connectivity index (χ2n) is 4.55. The second kappa shape index (κ2) is 8.01. The van der Waals surface area contributed by atoms with Gasteiger partial charge in [-0.2, -0.15) is 0 Å². The van der Waals surface area contributed by atoms with E-state index in [0.29, 0.717) is 24.8 Å². The zero-order chi connectivity index (χ0) is 13.4. The van der Waals surface area contributed by atoms with Crippen molar-refractivity contribution in [2.45, 2.75) is 40.0 Å². The zero-order valence-corrected chi connectivity index (χ0v) is 11.4. The molecule has 100 valence electrons. The van der Waals surface area contributed by atoms with Gasteiger partial charge in [0.05, 0.1) is 13.2 Å². The summed E-state index contributed by atoms with van der Waals surface area (Å²) in [6, 6.07) is 5.59. The lowest BCUT2D eigenvalue weighted by atomic mass is 10.1. The molecule has 0 heterocycles. The van der Waals surface area contributed by atoms with Crippen molar-refractivity contribution in [1.29, 1.82) is 0 Å². The number of ether oxygens (including phenoxy) is 1. The molecule has 0 atom stereocenters. The molecular weight excluding hydrogens is 229 g/mol. The summed E-state index contributed by atoms with van der Waals surface area (Å²) in [5, 5.41) is 3.31. The fourth-order valence-corrected chi connectivity index (χ4v) is 1.50. The number of benzene rings is 1. The maximum atomic E-state index is 13.6. The Morgan fingerprint density at radius 2 is 2.17 bits per heavy atom. The van der Waals surface area contributed by atoms with Crippen molar-refractivity contribution in [3.8, 4) is 0 Å². The Kier molecular flexibility index (Phi) is 6.61. The molecule has 1 aromatic carbocycles. The van der Waals surface area contributed by atoms with Crippen molar-refractivity contribution in [3.63, 3.8) is 0 Å². The highest BCUT2D eigenvalue weighted by Gasteiger charge is 2.04. The van der Waals surface area contributed by atoms with E-state index in [1.54, 1.807) is 6.07 Å². The number of halogens is 1. The number of hydrogen-bond donors (Lipinski definition) is 1. The van der Waals surface area contributed by atoms with Gasteiger partial charge in [0, 0.05) is 18.2 Å². The van der Waals surface area contributed by atoms with Crippen molar-refractivity contribution in [3.05, 3.63) is 47.3 Å². The molecule has 1 N–H and O–H groups in total. The fourth-order valence-electron chi connectivity index (χ4n) is 1.50. The lowest BCUT2D eigenvalue weighted by molar-refractivity contribution is 0.145. The van der Waals surface area contributed by atoms with Crippen molar-refractivity contribution in [1.82, 2.24) is 5.32 Å². The van der Waals surface area contributed by atoms with Gasteiger partial charge < -0.3 is 10.1 Å². The van der Waals surface area contributed by atoms with Crippen LogP contribution in [0, 0.1) is 5.82 Å². The lowest BCUT2D eigenvalue weighted by Gasteiger charge is -2.10. The smallest absolute Gasteiger partial charge is 0.128 e. The van der Waals surface area contributed by atoms with Crippen LogP contribution in [0.4, 0.5) is 4.39 Å². The van der Waals surface area contributed by atoms with E-state index in [-0.39, 0.29) is 5.82 Å². The van der Waals surface area contributed by atoms with Gasteiger partial charge >= 0.3 is 0 Å². The van der Waals surface area contributed by atoms with Crippen molar-refractivity contribution in [2.24, 2.45) is 0 Å². The van der Waals surface area contributed by atoms with E-state index < -0.39 is 0 Å². The minimum absolute atomic E-state index is 0.205. The van der Waals surface area contributed by atoms with Gasteiger partial charge in [-0.3, -0.25) is 0 Å². The molecular formula is C15H22FNO. The van der Waals surface area contributed by atoms with E-state index in [9.17, 15) is 4.39 Å². The molecule has 0 aromatic heterocycles. The third-order valence-corrected chi connectivity index (χ3v) is 2.53. The molecule has 0 aliphatic heterocycles. The van der Waals surface area contributed by atoms with Crippen LogP contribution >= 0.6 is 0 Å². The quantitative estimate of drug-likeness (QED) is 0.592. The van der Waals surface area contributed by atoms with Crippen LogP contribution in [0.5, 0.6) is 0 Å². The number of hydrogen-bond acceptors (Lipinski definition) is 2. The first-order chi connectivity index (χ1) is 8.63. The van der Waals surface area contributed by atoms with Gasteiger partial charge in [0.2, 0.25) is 0 Å². The Morgan fingerprint density at radius 3 is 2.83 bits per heavy atom. The number of nitrogens with one attached hydrogen (secondary N) is 1. The van der Waals surface area contributed by atoms with Crippen molar-refractivity contribution < 1.29 is 9.13 Å². The van der Waals surface area contributed by atoms with Crippen molar-refractivity contribution >= 4 is 0 Å². The summed E-state index contributed by atoms with van der Waals surface area (Å²) >= 11 is 0. The first-order valence-corrected chi connectivity index (χ1v) is 6.33. The van der Waals surface area contributed by atoms with E-state index in [2.05, 4.69) is 19.2 Å². The summed E-state index contributed by atoms with van der Waals surface area (Å²) in [5.74, 6) is -0.205. The first-order valence-electron chi connectivity index (χ1n) is 6.33. The molecule has 0 radical (unpaired) electrons. The molecule has 0 amide bonds. The SMILES string of the molecule is C/C=C/COCc1cc(CNC(C)C)ccc1F. The summed E-state index contributed by atoms with van der Waals surface area (Å²) in [6.07, 6.45) is 3.82. The first kappa shape index (κ1) is 14.9. The molecule has 0 aliphatic carbocycles. The molecule has 0 saturated carbocycles. The van der Waals surface area contributed by atoms with Gasteiger partial charge in [0.25, 0.3) is 0 Å². The summed E-state index contributed by atoms with van der Waals surface area (Å²) < 4.78 is 18.9. The maximum Gasteiger partial charge on any atom is 0.128 e. The molecule has 1 rings (SSSR count). The molecule has 0 unspecified atom stereocenters. The Labute approximate surface area is 109 Å². The Hall–Kier alpha value is -1.19. The van der Waals surface area contributed by atoms with E-state index in [4.69, 9.17) is 4.74 Å². The number of allylic oxidation sites excluding steroid dienone is 1. The standard InChI is InChI=1S/C15H22FNO/c1-4-5-8-18-11-14-9-13(6-7-15(14)16)10-17-12(2)3/h4-7,9,12,17H,8,10-11H2,1-3H3/b5-4+. The predicted molar refractivity (Wildman–Crippen MR) is 72.8 cm³/mol. The van der Waals surface area contributed by atoms with Crippen LogP contribution in [0.15, 0.2) is 30.4 Å². The van der Waals surface area contributed by atoms with Gasteiger partial charge in [0.1, 0.15) is 5.82 Å². The molecule has 0 spiro atoms. The van der Waals surface area contributed by atoms with E-state index in [1.165, 1.54) is 6.07 Å². The molecule has 3 heteroatoms. The van der Waals surface area contributed by atoms with Crippen LogP contribution in [0.1, 0.15) is 31.9 Å². The molecule has 0 saturated heterocycles. The summed E-state index contributed by atoms with van der Waals surface area (Å²) in [6.45, 7) is 7.69. The molecule has 0 bridgehead atoms. The Balaban J connectivity index is 2.57. The van der Waals surface area contributed by atoms with Crippen LogP contribution in [-0.2, 0) is 17.9 Å². The predicted octanol–water partition coefficient (Wildman–Crippen LogP) is 3.42. The molecule has 2 nitrogen and oxygen atoms in total. The lowest BCUT2D eigenvalue weighted by Crippen LogP contribution is -2.21. The summed E-state index contributed by atoms with van der Waals surface area (Å²) in [7, 11) is 0. The van der Waals surface area contributed by atoms with Crippen LogP contribution in [-0.4, -0.2) is 12.6 Å². The summed E-state index contributed by atoms with van der Waals surface area (Å²) in [4.78, 5) is 0. The third kappa shape index (κ3) is 5.43. The highest BCUT2D eigenvalue weighted by molar-refractivity contribution is 5.24. The Morgan fingerprint density at radius 1 is 1.39 bits per heavy atom. The minimum atomic E-state index is -0.205. The molecule has 18 heavy (non-hydrogen) atoms. The van der Waals surface area contributed by atoms with Gasteiger partial charge in [-0.15, -0.1) is 0 Å².